The van der Waals surface area contributed by atoms with Gasteiger partial charge in [0, 0.05) is 12.6 Å². The molecule has 1 rings (SSSR count). The summed E-state index contributed by atoms with van der Waals surface area (Å²) in [5, 5.41) is 3.36. The number of rotatable bonds is 7. The lowest BCUT2D eigenvalue weighted by Crippen LogP contribution is -2.35. The molecule has 0 radical (unpaired) electrons. The molecule has 1 aromatic rings. The summed E-state index contributed by atoms with van der Waals surface area (Å²) in [4.78, 5) is 18.3. The lowest BCUT2D eigenvalue weighted by atomic mass is 10.2. The highest BCUT2D eigenvalue weighted by atomic mass is 16.5. The minimum atomic E-state index is -0.349. The van der Waals surface area contributed by atoms with Crippen LogP contribution >= 0.6 is 0 Å². The van der Waals surface area contributed by atoms with Crippen LogP contribution in [0.5, 0.6) is 0 Å². The molecule has 0 aliphatic heterocycles. The maximum absolute atomic E-state index is 11.5. The molecule has 0 aromatic carbocycles. The second-order valence-electron chi connectivity index (χ2n) is 4.85. The average Bonchev–Trinajstić information content (AvgIpc) is 2.44. The fourth-order valence-electron chi connectivity index (χ4n) is 2.13. The molecular formula is C15H25N3O2. The van der Waals surface area contributed by atoms with Crippen molar-refractivity contribution < 1.29 is 9.53 Å². The number of esters is 1. The number of ether oxygens (including phenoxy) is 1. The number of hydrogen-bond donors (Lipinski definition) is 1. The summed E-state index contributed by atoms with van der Waals surface area (Å²) >= 11 is 0. The van der Waals surface area contributed by atoms with Gasteiger partial charge in [0.05, 0.1) is 18.4 Å². The summed E-state index contributed by atoms with van der Waals surface area (Å²) in [5.74, 6) is 0.438. The first-order valence-electron chi connectivity index (χ1n) is 7.06. The lowest BCUT2D eigenvalue weighted by Gasteiger charge is -2.23. The zero-order chi connectivity index (χ0) is 15.1. The van der Waals surface area contributed by atoms with E-state index in [-0.39, 0.29) is 5.97 Å². The summed E-state index contributed by atoms with van der Waals surface area (Å²) in [6, 6.07) is 3.87. The van der Waals surface area contributed by atoms with E-state index in [1.165, 1.54) is 7.11 Å². The predicted molar refractivity (Wildman–Crippen MR) is 81.2 cm³/mol. The van der Waals surface area contributed by atoms with Gasteiger partial charge in [-0.2, -0.15) is 0 Å². The largest absolute Gasteiger partial charge is 0.465 e. The smallest absolute Gasteiger partial charge is 0.339 e. The molecule has 1 N–H and O–H groups in total. The first-order chi connectivity index (χ1) is 9.51. The van der Waals surface area contributed by atoms with Crippen molar-refractivity contribution in [1.82, 2.24) is 9.88 Å². The Hall–Kier alpha value is -1.62. The molecule has 1 unspecified atom stereocenters. The van der Waals surface area contributed by atoms with Crippen molar-refractivity contribution in [2.75, 3.05) is 32.1 Å². The van der Waals surface area contributed by atoms with Crippen molar-refractivity contribution in [1.29, 1.82) is 0 Å². The number of aromatic nitrogens is 1. The van der Waals surface area contributed by atoms with Gasteiger partial charge in [-0.1, -0.05) is 13.8 Å². The Kier molecular flexibility index (Phi) is 6.45. The minimum Gasteiger partial charge on any atom is -0.465 e. The van der Waals surface area contributed by atoms with Gasteiger partial charge in [0.15, 0.2) is 0 Å². The molecule has 0 aliphatic carbocycles. The lowest BCUT2D eigenvalue weighted by molar-refractivity contribution is 0.0599. The standard InChI is InChI=1S/C15H25N3O2/c1-6-18(7-2)10-11(3)16-14-9-8-13(12(4)17-14)15(19)20-5/h8-9,11H,6-7,10H2,1-5H3,(H,16,17). The zero-order valence-corrected chi connectivity index (χ0v) is 13.1. The Labute approximate surface area is 121 Å². The van der Waals surface area contributed by atoms with Gasteiger partial charge in [-0.3, -0.25) is 0 Å². The summed E-state index contributed by atoms with van der Waals surface area (Å²) in [6.07, 6.45) is 0. The molecule has 5 heteroatoms. The quantitative estimate of drug-likeness (QED) is 0.776. The van der Waals surface area contributed by atoms with Gasteiger partial charge in [-0.15, -0.1) is 0 Å². The van der Waals surface area contributed by atoms with Gasteiger partial charge < -0.3 is 15.0 Å². The molecule has 5 nitrogen and oxygen atoms in total. The third-order valence-electron chi connectivity index (χ3n) is 3.31. The van der Waals surface area contributed by atoms with Crippen LogP contribution in [0, 0.1) is 6.92 Å². The number of hydrogen-bond acceptors (Lipinski definition) is 5. The average molecular weight is 279 g/mol. The number of pyridine rings is 1. The monoisotopic (exact) mass is 279 g/mol. The van der Waals surface area contributed by atoms with Crippen LogP contribution in [0.1, 0.15) is 36.8 Å². The van der Waals surface area contributed by atoms with Crippen LogP contribution in [0.2, 0.25) is 0 Å². The number of aryl methyl sites for hydroxylation is 1. The van der Waals surface area contributed by atoms with E-state index in [2.05, 4.69) is 36.0 Å². The Balaban J connectivity index is 2.69. The molecule has 1 atom stereocenters. The van der Waals surface area contributed by atoms with E-state index in [0.717, 1.165) is 25.5 Å². The number of nitrogens with one attached hydrogen (secondary N) is 1. The van der Waals surface area contributed by atoms with Crippen LogP contribution in [0.25, 0.3) is 0 Å². The maximum Gasteiger partial charge on any atom is 0.339 e. The van der Waals surface area contributed by atoms with Crippen LogP contribution in [-0.4, -0.2) is 48.6 Å². The van der Waals surface area contributed by atoms with Crippen LogP contribution in [0.15, 0.2) is 12.1 Å². The van der Waals surface area contributed by atoms with Crippen molar-refractivity contribution in [3.8, 4) is 0 Å². The Morgan fingerprint density at radius 2 is 2.05 bits per heavy atom. The van der Waals surface area contributed by atoms with Gasteiger partial charge in [0.2, 0.25) is 0 Å². The van der Waals surface area contributed by atoms with Crippen molar-refractivity contribution >= 4 is 11.8 Å². The molecular weight excluding hydrogens is 254 g/mol. The van der Waals surface area contributed by atoms with Crippen LogP contribution in [0.3, 0.4) is 0 Å². The summed E-state index contributed by atoms with van der Waals surface area (Å²) in [7, 11) is 1.38. The Morgan fingerprint density at radius 3 is 2.55 bits per heavy atom. The summed E-state index contributed by atoms with van der Waals surface area (Å²) in [5.41, 5.74) is 1.19. The molecule has 0 spiro atoms. The van der Waals surface area contributed by atoms with Gasteiger partial charge in [-0.25, -0.2) is 9.78 Å². The number of likely N-dealkylation sites (N-methyl/N-ethyl adjacent to an activating group) is 1. The van der Waals surface area contributed by atoms with Gasteiger partial charge >= 0.3 is 5.97 Å². The van der Waals surface area contributed by atoms with Crippen LogP contribution in [0.4, 0.5) is 5.82 Å². The molecule has 0 aliphatic rings. The fraction of sp³-hybridized carbons (Fsp3) is 0.600. The topological polar surface area (TPSA) is 54.5 Å². The second kappa shape index (κ2) is 7.85. The number of methoxy groups -OCH3 is 1. The molecule has 1 aromatic heterocycles. The van der Waals surface area contributed by atoms with Crippen molar-refractivity contribution in [3.05, 3.63) is 23.4 Å². The molecule has 0 saturated carbocycles. The maximum atomic E-state index is 11.5. The molecule has 0 fully saturated rings. The highest BCUT2D eigenvalue weighted by molar-refractivity contribution is 5.90. The number of nitrogens with zero attached hydrogens (tertiary/aromatic N) is 2. The third-order valence-corrected chi connectivity index (χ3v) is 3.31. The first kappa shape index (κ1) is 16.4. The van der Waals surface area contributed by atoms with Gasteiger partial charge in [0.1, 0.15) is 5.82 Å². The van der Waals surface area contributed by atoms with E-state index in [1.807, 2.05) is 13.0 Å². The number of carbonyl (C=O) groups excluding carboxylic acids is 1. The SMILES string of the molecule is CCN(CC)CC(C)Nc1ccc(C(=O)OC)c(C)n1. The molecule has 20 heavy (non-hydrogen) atoms. The number of anilines is 1. The van der Waals surface area contributed by atoms with E-state index in [0.29, 0.717) is 17.3 Å². The molecule has 0 amide bonds. The number of carbonyl (C=O) groups is 1. The normalized spacial score (nSPS) is 12.3. The van der Waals surface area contributed by atoms with Crippen molar-refractivity contribution in [2.45, 2.75) is 33.7 Å². The highest BCUT2D eigenvalue weighted by Gasteiger charge is 2.12. The van der Waals surface area contributed by atoms with Crippen LogP contribution in [-0.2, 0) is 4.74 Å². The van der Waals surface area contributed by atoms with E-state index in [4.69, 9.17) is 4.74 Å². The fourth-order valence-corrected chi connectivity index (χ4v) is 2.13. The predicted octanol–water partition coefficient (Wildman–Crippen LogP) is 2.32. The Morgan fingerprint density at radius 1 is 1.40 bits per heavy atom. The zero-order valence-electron chi connectivity index (χ0n) is 13.1. The van der Waals surface area contributed by atoms with E-state index in [9.17, 15) is 4.79 Å². The third kappa shape index (κ3) is 4.49. The summed E-state index contributed by atoms with van der Waals surface area (Å²) < 4.78 is 4.71. The highest BCUT2D eigenvalue weighted by Crippen LogP contribution is 2.12. The molecule has 0 bridgehead atoms. The molecule has 1 heterocycles. The molecule has 0 saturated heterocycles. The Bertz CT molecular complexity index is 445. The van der Waals surface area contributed by atoms with E-state index < -0.39 is 0 Å². The van der Waals surface area contributed by atoms with Crippen LogP contribution < -0.4 is 5.32 Å². The van der Waals surface area contributed by atoms with E-state index in [1.54, 1.807) is 6.07 Å². The molecule has 112 valence electrons. The van der Waals surface area contributed by atoms with Crippen molar-refractivity contribution in [2.24, 2.45) is 0 Å². The minimum absolute atomic E-state index is 0.297. The second-order valence-corrected chi connectivity index (χ2v) is 4.85. The summed E-state index contributed by atoms with van der Waals surface area (Å²) in [6.45, 7) is 11.3. The van der Waals surface area contributed by atoms with Gasteiger partial charge in [-0.05, 0) is 39.1 Å². The van der Waals surface area contributed by atoms with Crippen molar-refractivity contribution in [3.63, 3.8) is 0 Å². The first-order valence-corrected chi connectivity index (χ1v) is 7.06. The van der Waals surface area contributed by atoms with Gasteiger partial charge in [0.25, 0.3) is 0 Å². The van der Waals surface area contributed by atoms with E-state index >= 15 is 0 Å².